The smallest absolute Gasteiger partial charge is 0.302 e. The molecule has 2 nitrogen and oxygen atoms in total. The highest BCUT2D eigenvalue weighted by molar-refractivity contribution is 5.67. The van der Waals surface area contributed by atoms with E-state index in [1.165, 1.54) is 0 Å². The van der Waals surface area contributed by atoms with Gasteiger partial charge >= 0.3 is 6.04 Å². The van der Waals surface area contributed by atoms with Crippen LogP contribution in [0.15, 0.2) is 0 Å². The number of carbonyl (C=O) groups is 1. The molecular weight excluding hydrogens is 109 g/mol. The van der Waals surface area contributed by atoms with Crippen LogP contribution in [-0.2, 0) is 4.79 Å². The Kier molecular flexibility index (Phi) is 3.35. The molecule has 3 heteroatoms. The Balaban J connectivity index is 3.05. The second-order valence-electron chi connectivity index (χ2n) is 1.91. The molecule has 0 radical (unpaired) electrons. The number of hydrogen-bond acceptors (Lipinski definition) is 2. The van der Waals surface area contributed by atoms with Crippen molar-refractivity contribution in [1.82, 2.24) is 4.90 Å². The van der Waals surface area contributed by atoms with E-state index in [2.05, 4.69) is 0 Å². The van der Waals surface area contributed by atoms with E-state index >= 15 is 0 Å². The lowest BCUT2D eigenvalue weighted by atomic mass is 10.4. The molecule has 0 spiro atoms. The van der Waals surface area contributed by atoms with Gasteiger partial charge in [0.05, 0.1) is 6.42 Å². The van der Waals surface area contributed by atoms with E-state index in [1.54, 1.807) is 19.0 Å². The monoisotopic (exact) mass is 119 g/mol. The predicted octanol–water partition coefficient (Wildman–Crippen LogP) is 0.434. The van der Waals surface area contributed by atoms with Gasteiger partial charge in [-0.05, 0) is 14.1 Å². The van der Waals surface area contributed by atoms with Crippen LogP contribution in [0.4, 0.5) is 4.39 Å². The van der Waals surface area contributed by atoms with Crippen molar-refractivity contribution in [3.8, 4) is 0 Å². The Bertz CT molecular complexity index is 82.5. The van der Waals surface area contributed by atoms with Gasteiger partial charge in [-0.1, -0.05) is 0 Å². The largest absolute Gasteiger partial charge is 0.309 e. The maximum absolute atomic E-state index is 11.4. The summed E-state index contributed by atoms with van der Waals surface area (Å²) in [6.45, 7) is 0.495. The summed E-state index contributed by atoms with van der Waals surface area (Å²) in [6, 6.07) is -1.24. The number of nitrogens with zero attached hydrogens (tertiary/aromatic N) is 1. The molecule has 0 rings (SSSR count). The quantitative estimate of drug-likeness (QED) is 0.502. The number of rotatable bonds is 3. The Morgan fingerprint density at radius 2 is 2.12 bits per heavy atom. The van der Waals surface area contributed by atoms with Crippen molar-refractivity contribution in [3.63, 3.8) is 0 Å². The topological polar surface area (TPSA) is 20.3 Å². The summed E-state index contributed by atoms with van der Waals surface area (Å²) >= 11 is 0. The van der Waals surface area contributed by atoms with Crippen LogP contribution in [0.25, 0.3) is 0 Å². The first-order valence-corrected chi connectivity index (χ1v) is 2.46. The van der Waals surface area contributed by atoms with Crippen molar-refractivity contribution in [1.29, 1.82) is 0 Å². The van der Waals surface area contributed by atoms with Crippen molar-refractivity contribution < 1.29 is 9.18 Å². The van der Waals surface area contributed by atoms with Crippen LogP contribution >= 0.6 is 0 Å². The van der Waals surface area contributed by atoms with Gasteiger partial charge in [0.25, 0.3) is 0 Å². The molecule has 0 amide bonds. The predicted molar refractivity (Wildman–Crippen MR) is 29.3 cm³/mol. The Labute approximate surface area is 48.3 Å². The fourth-order valence-electron chi connectivity index (χ4n) is 0.312. The molecule has 0 aliphatic heterocycles. The summed E-state index contributed by atoms with van der Waals surface area (Å²) in [4.78, 5) is 11.4. The molecule has 8 heavy (non-hydrogen) atoms. The highest BCUT2D eigenvalue weighted by atomic mass is 19.1. The summed E-state index contributed by atoms with van der Waals surface area (Å²) in [5.41, 5.74) is 0. The minimum Gasteiger partial charge on any atom is -0.309 e. The normalized spacial score (nSPS) is 10.0. The zero-order chi connectivity index (χ0) is 6.57. The molecule has 0 aliphatic carbocycles. The number of hydrogen-bond donors (Lipinski definition) is 0. The molecular formula is C5H10FNO. The van der Waals surface area contributed by atoms with Gasteiger partial charge in [-0.25, -0.2) is 0 Å². The highest BCUT2D eigenvalue weighted by Crippen LogP contribution is 1.84. The molecule has 0 aromatic heterocycles. The molecule has 0 N–H and O–H groups in total. The summed E-state index contributed by atoms with van der Waals surface area (Å²) in [5, 5.41) is 0. The van der Waals surface area contributed by atoms with Gasteiger partial charge in [0.1, 0.15) is 0 Å². The fraction of sp³-hybridized carbons (Fsp3) is 0.800. The minimum absolute atomic E-state index is 0.00694. The van der Waals surface area contributed by atoms with E-state index in [-0.39, 0.29) is 6.42 Å². The maximum atomic E-state index is 11.4. The van der Waals surface area contributed by atoms with Crippen LogP contribution in [0.2, 0.25) is 0 Å². The zero-order valence-corrected chi connectivity index (χ0v) is 5.15. The third-order valence-corrected chi connectivity index (χ3v) is 0.756. The Morgan fingerprint density at radius 3 is 2.25 bits per heavy atom. The van der Waals surface area contributed by atoms with Crippen LogP contribution in [0, 0.1) is 0 Å². The van der Waals surface area contributed by atoms with Gasteiger partial charge in [-0.3, -0.25) is 4.79 Å². The van der Waals surface area contributed by atoms with Gasteiger partial charge < -0.3 is 4.90 Å². The van der Waals surface area contributed by atoms with E-state index in [0.717, 1.165) is 0 Å². The molecule has 48 valence electrons. The van der Waals surface area contributed by atoms with E-state index in [0.29, 0.717) is 6.54 Å². The zero-order valence-electron chi connectivity index (χ0n) is 5.15. The van der Waals surface area contributed by atoms with Gasteiger partial charge in [0.2, 0.25) is 0 Å². The molecule has 0 fully saturated rings. The Morgan fingerprint density at radius 1 is 1.62 bits per heavy atom. The average Bonchev–Trinajstić information content (AvgIpc) is 1.61. The first kappa shape index (κ1) is 7.56. The SMILES string of the molecule is CN(C)CCC(=O)F. The van der Waals surface area contributed by atoms with Crippen LogP contribution in [0.1, 0.15) is 6.42 Å². The lowest BCUT2D eigenvalue weighted by Gasteiger charge is -2.04. The second-order valence-corrected chi connectivity index (χ2v) is 1.91. The first-order chi connectivity index (χ1) is 3.63. The lowest BCUT2D eigenvalue weighted by molar-refractivity contribution is -0.129. The molecule has 0 bridgehead atoms. The van der Waals surface area contributed by atoms with Crippen LogP contribution in [0.5, 0.6) is 0 Å². The van der Waals surface area contributed by atoms with Crippen LogP contribution in [-0.4, -0.2) is 31.6 Å². The van der Waals surface area contributed by atoms with E-state index in [9.17, 15) is 9.18 Å². The molecule has 0 aromatic rings. The molecule has 0 atom stereocenters. The summed E-state index contributed by atoms with van der Waals surface area (Å²) in [7, 11) is 3.59. The van der Waals surface area contributed by atoms with Gasteiger partial charge in [-0.15, -0.1) is 0 Å². The third-order valence-electron chi connectivity index (χ3n) is 0.756. The van der Waals surface area contributed by atoms with E-state index in [4.69, 9.17) is 0 Å². The Hall–Kier alpha value is -0.440. The highest BCUT2D eigenvalue weighted by Gasteiger charge is 1.96. The minimum atomic E-state index is -1.24. The standard InChI is InChI=1S/C5H10FNO/c1-7(2)4-3-5(6)8/h3-4H2,1-2H3. The molecule has 0 heterocycles. The summed E-state index contributed by atoms with van der Waals surface area (Å²) in [6.07, 6.45) is 0.00694. The molecule has 0 aliphatic rings. The van der Waals surface area contributed by atoms with E-state index < -0.39 is 6.04 Å². The number of carbonyl (C=O) groups excluding carboxylic acids is 1. The first-order valence-electron chi connectivity index (χ1n) is 2.46. The maximum Gasteiger partial charge on any atom is 0.302 e. The number of halogens is 1. The molecule has 0 saturated carbocycles. The van der Waals surface area contributed by atoms with Crippen molar-refractivity contribution in [2.75, 3.05) is 20.6 Å². The van der Waals surface area contributed by atoms with Crippen molar-refractivity contribution >= 4 is 6.04 Å². The third kappa shape index (κ3) is 5.56. The summed E-state index contributed by atoms with van der Waals surface area (Å²) < 4.78 is 11.4. The van der Waals surface area contributed by atoms with Crippen LogP contribution in [0.3, 0.4) is 0 Å². The van der Waals surface area contributed by atoms with Crippen LogP contribution < -0.4 is 0 Å². The molecule has 0 saturated heterocycles. The average molecular weight is 119 g/mol. The molecule has 0 aromatic carbocycles. The van der Waals surface area contributed by atoms with Gasteiger partial charge in [0.15, 0.2) is 0 Å². The summed E-state index contributed by atoms with van der Waals surface area (Å²) in [5.74, 6) is 0. The van der Waals surface area contributed by atoms with E-state index in [1.807, 2.05) is 0 Å². The van der Waals surface area contributed by atoms with Crippen molar-refractivity contribution in [2.24, 2.45) is 0 Å². The molecule has 0 unspecified atom stereocenters. The second kappa shape index (κ2) is 3.55. The van der Waals surface area contributed by atoms with Gasteiger partial charge in [0, 0.05) is 6.54 Å². The van der Waals surface area contributed by atoms with Gasteiger partial charge in [-0.2, -0.15) is 4.39 Å². The fourth-order valence-corrected chi connectivity index (χ4v) is 0.312. The lowest BCUT2D eigenvalue weighted by Crippen LogP contribution is -2.14. The van der Waals surface area contributed by atoms with Crippen molar-refractivity contribution in [2.45, 2.75) is 6.42 Å². The van der Waals surface area contributed by atoms with Crippen molar-refractivity contribution in [3.05, 3.63) is 0 Å².